The third-order valence-electron chi connectivity index (χ3n) is 3.30. The normalized spacial score (nSPS) is 22.2. The quantitative estimate of drug-likeness (QED) is 0.692. The minimum absolute atomic E-state index is 0.355. The summed E-state index contributed by atoms with van der Waals surface area (Å²) in [4.78, 5) is 2.52. The standard InChI is InChI=1S/C12H24N2/c1-5-12(6-2)10-14(8-7-13-12)9-11(3)4/h13H,3,5-10H2,1-2,4H3. The number of nitrogens with one attached hydrogen (secondary N) is 1. The van der Waals surface area contributed by atoms with E-state index in [9.17, 15) is 0 Å². The van der Waals surface area contributed by atoms with Crippen LogP contribution >= 0.6 is 0 Å². The van der Waals surface area contributed by atoms with E-state index in [4.69, 9.17) is 0 Å². The molecular formula is C12H24N2. The first-order valence-electron chi connectivity index (χ1n) is 5.73. The van der Waals surface area contributed by atoms with Crippen LogP contribution in [0.15, 0.2) is 12.2 Å². The Morgan fingerprint density at radius 3 is 2.57 bits per heavy atom. The lowest BCUT2D eigenvalue weighted by molar-refractivity contribution is 0.132. The maximum Gasteiger partial charge on any atom is 0.0304 e. The van der Waals surface area contributed by atoms with Crippen LogP contribution in [0.3, 0.4) is 0 Å². The molecule has 0 aromatic rings. The Kier molecular flexibility index (Phi) is 4.14. The van der Waals surface area contributed by atoms with Gasteiger partial charge in [0, 0.05) is 31.7 Å². The van der Waals surface area contributed by atoms with Crippen molar-refractivity contribution in [3.05, 3.63) is 12.2 Å². The van der Waals surface area contributed by atoms with Crippen molar-refractivity contribution < 1.29 is 0 Å². The SMILES string of the molecule is C=C(C)CN1CCNC(CC)(CC)C1. The van der Waals surface area contributed by atoms with Gasteiger partial charge in [-0.25, -0.2) is 0 Å². The molecule has 2 nitrogen and oxygen atoms in total. The fourth-order valence-electron chi connectivity index (χ4n) is 2.28. The van der Waals surface area contributed by atoms with Crippen molar-refractivity contribution in [2.24, 2.45) is 0 Å². The number of rotatable bonds is 4. The molecule has 2 heteroatoms. The molecule has 1 aliphatic heterocycles. The van der Waals surface area contributed by atoms with E-state index in [2.05, 4.69) is 37.6 Å². The summed E-state index contributed by atoms with van der Waals surface area (Å²) in [6, 6.07) is 0. The van der Waals surface area contributed by atoms with Crippen LogP contribution in [0.25, 0.3) is 0 Å². The molecule has 1 heterocycles. The Hall–Kier alpha value is -0.340. The van der Waals surface area contributed by atoms with Gasteiger partial charge in [0.1, 0.15) is 0 Å². The van der Waals surface area contributed by atoms with Gasteiger partial charge in [-0.15, -0.1) is 0 Å². The molecule has 1 saturated heterocycles. The van der Waals surface area contributed by atoms with E-state index in [-0.39, 0.29) is 0 Å². The molecule has 82 valence electrons. The van der Waals surface area contributed by atoms with E-state index in [1.165, 1.54) is 25.0 Å². The molecule has 0 bridgehead atoms. The highest BCUT2D eigenvalue weighted by Crippen LogP contribution is 2.20. The van der Waals surface area contributed by atoms with Gasteiger partial charge in [-0.1, -0.05) is 26.0 Å². The summed E-state index contributed by atoms with van der Waals surface area (Å²) in [5.41, 5.74) is 1.63. The molecule has 0 aromatic carbocycles. The average molecular weight is 196 g/mol. The van der Waals surface area contributed by atoms with Gasteiger partial charge in [-0.2, -0.15) is 0 Å². The lowest BCUT2D eigenvalue weighted by Gasteiger charge is -2.43. The zero-order valence-electron chi connectivity index (χ0n) is 9.90. The predicted octanol–water partition coefficient (Wildman–Crippen LogP) is 2.03. The Morgan fingerprint density at radius 1 is 1.43 bits per heavy atom. The molecule has 0 atom stereocenters. The third kappa shape index (κ3) is 2.82. The second-order valence-corrected chi connectivity index (χ2v) is 4.58. The minimum Gasteiger partial charge on any atom is -0.309 e. The van der Waals surface area contributed by atoms with Crippen molar-refractivity contribution in [1.29, 1.82) is 0 Å². The zero-order valence-corrected chi connectivity index (χ0v) is 9.90. The van der Waals surface area contributed by atoms with Gasteiger partial charge in [-0.3, -0.25) is 4.90 Å². The molecule has 0 saturated carbocycles. The topological polar surface area (TPSA) is 15.3 Å². The number of nitrogens with zero attached hydrogens (tertiary/aromatic N) is 1. The van der Waals surface area contributed by atoms with E-state index >= 15 is 0 Å². The lowest BCUT2D eigenvalue weighted by atomic mass is 9.90. The van der Waals surface area contributed by atoms with Gasteiger partial charge in [0.05, 0.1) is 0 Å². The van der Waals surface area contributed by atoms with Crippen LogP contribution in [0.1, 0.15) is 33.6 Å². The molecule has 1 fully saturated rings. The van der Waals surface area contributed by atoms with Crippen LogP contribution in [0.2, 0.25) is 0 Å². The Labute approximate surface area is 88.4 Å². The maximum atomic E-state index is 3.99. The highest BCUT2D eigenvalue weighted by atomic mass is 15.2. The molecule has 0 spiro atoms. The minimum atomic E-state index is 0.355. The van der Waals surface area contributed by atoms with E-state index in [1.807, 2.05) is 0 Å². The van der Waals surface area contributed by atoms with Crippen molar-refractivity contribution in [3.8, 4) is 0 Å². The fourth-order valence-corrected chi connectivity index (χ4v) is 2.28. The van der Waals surface area contributed by atoms with Gasteiger partial charge >= 0.3 is 0 Å². The first-order valence-corrected chi connectivity index (χ1v) is 5.73. The summed E-state index contributed by atoms with van der Waals surface area (Å²) >= 11 is 0. The average Bonchev–Trinajstić information content (AvgIpc) is 2.17. The van der Waals surface area contributed by atoms with Gasteiger partial charge in [-0.05, 0) is 19.8 Å². The molecule has 0 unspecified atom stereocenters. The van der Waals surface area contributed by atoms with Crippen LogP contribution < -0.4 is 5.32 Å². The Bertz CT molecular complexity index is 194. The first kappa shape index (κ1) is 11.7. The monoisotopic (exact) mass is 196 g/mol. The van der Waals surface area contributed by atoms with Crippen molar-refractivity contribution in [2.45, 2.75) is 39.2 Å². The Morgan fingerprint density at radius 2 is 2.07 bits per heavy atom. The molecule has 0 aromatic heterocycles. The summed E-state index contributed by atoms with van der Waals surface area (Å²) in [6.07, 6.45) is 2.44. The summed E-state index contributed by atoms with van der Waals surface area (Å²) in [6.45, 7) is 15.2. The van der Waals surface area contributed by atoms with Gasteiger partial charge < -0.3 is 5.32 Å². The van der Waals surface area contributed by atoms with Crippen LogP contribution in [0, 0.1) is 0 Å². The largest absolute Gasteiger partial charge is 0.309 e. The molecule has 0 radical (unpaired) electrons. The molecule has 1 aliphatic rings. The van der Waals surface area contributed by atoms with Crippen molar-refractivity contribution in [2.75, 3.05) is 26.2 Å². The van der Waals surface area contributed by atoms with Gasteiger partial charge in [0.2, 0.25) is 0 Å². The van der Waals surface area contributed by atoms with E-state index < -0.39 is 0 Å². The molecular weight excluding hydrogens is 172 g/mol. The fraction of sp³-hybridized carbons (Fsp3) is 0.833. The summed E-state index contributed by atoms with van der Waals surface area (Å²) in [5, 5.41) is 3.66. The number of hydrogen-bond acceptors (Lipinski definition) is 2. The second-order valence-electron chi connectivity index (χ2n) is 4.58. The van der Waals surface area contributed by atoms with Crippen LogP contribution in [-0.2, 0) is 0 Å². The smallest absolute Gasteiger partial charge is 0.0304 e. The molecule has 1 rings (SSSR count). The van der Waals surface area contributed by atoms with Crippen molar-refractivity contribution in [1.82, 2.24) is 10.2 Å². The van der Waals surface area contributed by atoms with Gasteiger partial charge in [0.25, 0.3) is 0 Å². The van der Waals surface area contributed by atoms with Crippen LogP contribution in [0.4, 0.5) is 0 Å². The number of hydrogen-bond donors (Lipinski definition) is 1. The van der Waals surface area contributed by atoms with Crippen molar-refractivity contribution in [3.63, 3.8) is 0 Å². The molecule has 14 heavy (non-hydrogen) atoms. The maximum absolute atomic E-state index is 3.99. The van der Waals surface area contributed by atoms with Crippen LogP contribution in [-0.4, -0.2) is 36.6 Å². The molecule has 1 N–H and O–H groups in total. The molecule has 0 aliphatic carbocycles. The van der Waals surface area contributed by atoms with Crippen LogP contribution in [0.5, 0.6) is 0 Å². The van der Waals surface area contributed by atoms with E-state index in [0.717, 1.165) is 19.6 Å². The van der Waals surface area contributed by atoms with Gasteiger partial charge in [0.15, 0.2) is 0 Å². The summed E-state index contributed by atoms with van der Waals surface area (Å²) in [7, 11) is 0. The number of piperazine rings is 1. The molecule has 0 amide bonds. The lowest BCUT2D eigenvalue weighted by Crippen LogP contribution is -2.59. The van der Waals surface area contributed by atoms with E-state index in [1.54, 1.807) is 0 Å². The summed E-state index contributed by atoms with van der Waals surface area (Å²) in [5.74, 6) is 0. The highest BCUT2D eigenvalue weighted by Gasteiger charge is 2.31. The second kappa shape index (κ2) is 4.94. The summed E-state index contributed by atoms with van der Waals surface area (Å²) < 4.78 is 0. The highest BCUT2D eigenvalue weighted by molar-refractivity contribution is 4.98. The third-order valence-corrected chi connectivity index (χ3v) is 3.30. The zero-order chi connectivity index (χ0) is 10.6. The Balaban J connectivity index is 2.53. The van der Waals surface area contributed by atoms with E-state index in [0.29, 0.717) is 5.54 Å². The predicted molar refractivity (Wildman–Crippen MR) is 62.6 cm³/mol. The first-order chi connectivity index (χ1) is 6.62. The van der Waals surface area contributed by atoms with Crippen molar-refractivity contribution >= 4 is 0 Å².